The molecule has 1 aliphatic carbocycles. The van der Waals surface area contributed by atoms with E-state index in [1.54, 1.807) is 7.11 Å². The number of Topliss-reactive ketones (excluding diaryl/α,β-unsaturated/α-hetero) is 2. The number of carbonyl (C=O) groups excluding carboxylic acids is 3. The van der Waals surface area contributed by atoms with Gasteiger partial charge in [0, 0.05) is 25.3 Å². The Kier molecular flexibility index (Phi) is 6.16. The maximum atomic E-state index is 13.0. The van der Waals surface area contributed by atoms with Crippen LogP contribution >= 0.6 is 0 Å². The van der Waals surface area contributed by atoms with Crippen LogP contribution in [0.25, 0.3) is 0 Å². The van der Waals surface area contributed by atoms with E-state index in [1.807, 2.05) is 57.2 Å². The van der Waals surface area contributed by atoms with E-state index in [1.165, 1.54) is 0 Å². The van der Waals surface area contributed by atoms with Crippen molar-refractivity contribution in [3.05, 3.63) is 64.2 Å². The zero-order valence-electron chi connectivity index (χ0n) is 17.4. The first kappa shape index (κ1) is 20.8. The third-order valence-electron chi connectivity index (χ3n) is 5.56. The van der Waals surface area contributed by atoms with Crippen molar-refractivity contribution < 1.29 is 19.1 Å². The number of ketones is 2. The van der Waals surface area contributed by atoms with Gasteiger partial charge in [-0.1, -0.05) is 29.8 Å². The molecule has 5 nitrogen and oxygen atoms in total. The molecule has 2 aromatic carbocycles. The SMILES string of the molecule is COc1ccc(CNC(=O)CC2CC(=O)C(c3c(C)cc(C)cc3C)C2=O)cc1. The van der Waals surface area contributed by atoms with E-state index >= 15 is 0 Å². The van der Waals surface area contributed by atoms with Gasteiger partial charge in [0.2, 0.25) is 5.91 Å². The quantitative estimate of drug-likeness (QED) is 0.762. The van der Waals surface area contributed by atoms with Crippen LogP contribution in [0.5, 0.6) is 5.75 Å². The van der Waals surface area contributed by atoms with Crippen LogP contribution < -0.4 is 10.1 Å². The molecule has 0 bridgehead atoms. The van der Waals surface area contributed by atoms with Crippen LogP contribution in [0, 0.1) is 26.7 Å². The molecule has 0 aliphatic heterocycles. The lowest BCUT2D eigenvalue weighted by molar-refractivity contribution is -0.128. The molecule has 29 heavy (non-hydrogen) atoms. The number of carbonyl (C=O) groups is 3. The van der Waals surface area contributed by atoms with Crippen LogP contribution in [0.3, 0.4) is 0 Å². The Morgan fingerprint density at radius 3 is 2.28 bits per heavy atom. The fourth-order valence-electron chi connectivity index (χ4n) is 4.22. The molecule has 1 aliphatic rings. The molecule has 152 valence electrons. The van der Waals surface area contributed by atoms with Crippen molar-refractivity contribution in [1.29, 1.82) is 0 Å². The number of hydrogen-bond acceptors (Lipinski definition) is 4. The zero-order chi connectivity index (χ0) is 21.1. The fourth-order valence-corrected chi connectivity index (χ4v) is 4.22. The molecule has 2 unspecified atom stereocenters. The Labute approximate surface area is 171 Å². The molecule has 1 saturated carbocycles. The zero-order valence-corrected chi connectivity index (χ0v) is 17.4. The highest BCUT2D eigenvalue weighted by atomic mass is 16.5. The third-order valence-corrected chi connectivity index (χ3v) is 5.56. The summed E-state index contributed by atoms with van der Waals surface area (Å²) in [5.41, 5.74) is 4.78. The second-order valence-electron chi connectivity index (χ2n) is 7.84. The van der Waals surface area contributed by atoms with Crippen molar-refractivity contribution in [2.75, 3.05) is 7.11 Å². The van der Waals surface area contributed by atoms with Crippen LogP contribution in [0.4, 0.5) is 0 Å². The van der Waals surface area contributed by atoms with Gasteiger partial charge in [-0.25, -0.2) is 0 Å². The summed E-state index contributed by atoms with van der Waals surface area (Å²) >= 11 is 0. The Morgan fingerprint density at radius 1 is 1.07 bits per heavy atom. The number of aryl methyl sites for hydroxylation is 3. The third kappa shape index (κ3) is 4.56. The van der Waals surface area contributed by atoms with Gasteiger partial charge in [0.25, 0.3) is 0 Å². The van der Waals surface area contributed by atoms with Crippen LogP contribution in [0.1, 0.15) is 46.6 Å². The average Bonchev–Trinajstić information content (AvgIpc) is 2.94. The summed E-state index contributed by atoms with van der Waals surface area (Å²) in [6.45, 7) is 6.24. The van der Waals surface area contributed by atoms with Gasteiger partial charge in [0.1, 0.15) is 17.5 Å². The van der Waals surface area contributed by atoms with Gasteiger partial charge in [0.05, 0.1) is 7.11 Å². The molecule has 0 radical (unpaired) electrons. The molecular formula is C24H27NO4. The molecule has 3 rings (SSSR count). The van der Waals surface area contributed by atoms with E-state index in [0.29, 0.717) is 6.54 Å². The van der Waals surface area contributed by atoms with E-state index in [9.17, 15) is 14.4 Å². The number of amides is 1. The smallest absolute Gasteiger partial charge is 0.221 e. The van der Waals surface area contributed by atoms with Gasteiger partial charge in [0.15, 0.2) is 5.78 Å². The number of rotatable bonds is 6. The maximum Gasteiger partial charge on any atom is 0.221 e. The number of ether oxygens (including phenoxy) is 1. The van der Waals surface area contributed by atoms with Gasteiger partial charge in [-0.05, 0) is 55.2 Å². The highest BCUT2D eigenvalue weighted by Gasteiger charge is 2.43. The van der Waals surface area contributed by atoms with Crippen LogP contribution in [0.2, 0.25) is 0 Å². The normalized spacial score (nSPS) is 18.8. The van der Waals surface area contributed by atoms with Crippen molar-refractivity contribution in [2.24, 2.45) is 5.92 Å². The molecule has 0 saturated heterocycles. The molecule has 1 amide bonds. The lowest BCUT2D eigenvalue weighted by atomic mass is 9.86. The number of benzene rings is 2. The van der Waals surface area contributed by atoms with Crippen molar-refractivity contribution in [3.8, 4) is 5.75 Å². The van der Waals surface area contributed by atoms with Gasteiger partial charge in [-0.15, -0.1) is 0 Å². The Hall–Kier alpha value is -2.95. The lowest BCUT2D eigenvalue weighted by Crippen LogP contribution is -2.27. The Balaban J connectivity index is 1.64. The minimum Gasteiger partial charge on any atom is -0.497 e. The first-order chi connectivity index (χ1) is 13.8. The van der Waals surface area contributed by atoms with Gasteiger partial charge >= 0.3 is 0 Å². The summed E-state index contributed by atoms with van der Waals surface area (Å²) < 4.78 is 5.12. The summed E-state index contributed by atoms with van der Waals surface area (Å²) in [4.78, 5) is 38.0. The molecule has 1 fully saturated rings. The van der Waals surface area contributed by atoms with E-state index in [2.05, 4.69) is 5.32 Å². The summed E-state index contributed by atoms with van der Waals surface area (Å²) in [5.74, 6) is -0.978. The molecule has 1 N–H and O–H groups in total. The molecule has 0 aromatic heterocycles. The first-order valence-corrected chi connectivity index (χ1v) is 9.84. The topological polar surface area (TPSA) is 72.5 Å². The van der Waals surface area contributed by atoms with E-state index in [-0.39, 0.29) is 30.3 Å². The monoisotopic (exact) mass is 393 g/mol. The summed E-state index contributed by atoms with van der Waals surface area (Å²) in [5, 5.41) is 2.84. The first-order valence-electron chi connectivity index (χ1n) is 9.84. The van der Waals surface area contributed by atoms with Crippen molar-refractivity contribution in [1.82, 2.24) is 5.32 Å². The minimum atomic E-state index is -0.741. The van der Waals surface area contributed by atoms with Gasteiger partial charge in [-0.2, -0.15) is 0 Å². The van der Waals surface area contributed by atoms with Gasteiger partial charge in [-0.3, -0.25) is 14.4 Å². The average molecular weight is 393 g/mol. The van der Waals surface area contributed by atoms with E-state index in [4.69, 9.17) is 4.74 Å². The Bertz CT molecular complexity index is 923. The predicted octanol–water partition coefficient (Wildman–Crippen LogP) is 3.57. The summed E-state index contributed by atoms with van der Waals surface area (Å²) in [7, 11) is 1.60. The number of nitrogens with one attached hydrogen (secondary N) is 1. The predicted molar refractivity (Wildman–Crippen MR) is 111 cm³/mol. The maximum absolute atomic E-state index is 13.0. The van der Waals surface area contributed by atoms with Crippen molar-refractivity contribution in [3.63, 3.8) is 0 Å². The molecule has 2 atom stereocenters. The fraction of sp³-hybridized carbons (Fsp3) is 0.375. The van der Waals surface area contributed by atoms with E-state index < -0.39 is 11.8 Å². The second-order valence-corrected chi connectivity index (χ2v) is 7.84. The number of hydrogen-bond donors (Lipinski definition) is 1. The lowest BCUT2D eigenvalue weighted by Gasteiger charge is -2.16. The highest BCUT2D eigenvalue weighted by Crippen LogP contribution is 2.37. The number of methoxy groups -OCH3 is 1. The Morgan fingerprint density at radius 2 is 1.69 bits per heavy atom. The van der Waals surface area contributed by atoms with E-state index in [0.717, 1.165) is 33.6 Å². The summed E-state index contributed by atoms with van der Waals surface area (Å²) in [6, 6.07) is 11.4. The van der Waals surface area contributed by atoms with Crippen molar-refractivity contribution in [2.45, 2.75) is 46.1 Å². The van der Waals surface area contributed by atoms with Gasteiger partial charge < -0.3 is 10.1 Å². The molecule has 0 heterocycles. The largest absolute Gasteiger partial charge is 0.497 e. The second kappa shape index (κ2) is 8.60. The van der Waals surface area contributed by atoms with Crippen LogP contribution in [-0.4, -0.2) is 24.6 Å². The highest BCUT2D eigenvalue weighted by molar-refractivity contribution is 6.15. The van der Waals surface area contributed by atoms with Crippen molar-refractivity contribution >= 4 is 17.5 Å². The van der Waals surface area contributed by atoms with Crippen LogP contribution in [0.15, 0.2) is 36.4 Å². The summed E-state index contributed by atoms with van der Waals surface area (Å²) in [6.07, 6.45) is 0.174. The minimum absolute atomic E-state index is 0.0428. The van der Waals surface area contributed by atoms with Crippen LogP contribution in [-0.2, 0) is 20.9 Å². The molecular weight excluding hydrogens is 366 g/mol. The molecule has 2 aromatic rings. The molecule has 5 heteroatoms. The standard InChI is InChI=1S/C24H27NO4/c1-14-9-15(2)22(16(3)10-14)23-20(26)11-18(24(23)28)12-21(27)25-13-17-5-7-19(29-4)8-6-17/h5-10,18,23H,11-13H2,1-4H3,(H,25,27). The molecule has 0 spiro atoms.